The SMILES string of the molecule is CC(C)COCCNC(=O)c1cc(S(N)(=O)=O)cn1Cc1ccccc1. The Morgan fingerprint density at radius 3 is 2.58 bits per heavy atom. The quantitative estimate of drug-likeness (QED) is 0.646. The summed E-state index contributed by atoms with van der Waals surface area (Å²) in [6.45, 7) is 5.81. The van der Waals surface area contributed by atoms with Crippen LogP contribution in [0.25, 0.3) is 0 Å². The van der Waals surface area contributed by atoms with Gasteiger partial charge >= 0.3 is 0 Å². The van der Waals surface area contributed by atoms with Crippen molar-refractivity contribution in [3.8, 4) is 0 Å². The molecule has 2 aromatic rings. The normalized spacial score (nSPS) is 11.7. The fourth-order valence-corrected chi connectivity index (χ4v) is 2.94. The Kier molecular flexibility index (Phi) is 6.96. The second kappa shape index (κ2) is 8.98. The molecule has 7 nitrogen and oxygen atoms in total. The van der Waals surface area contributed by atoms with Crippen LogP contribution in [0.15, 0.2) is 47.5 Å². The lowest BCUT2D eigenvalue weighted by atomic mass is 10.2. The van der Waals surface area contributed by atoms with Crippen LogP contribution in [0.4, 0.5) is 0 Å². The molecule has 1 heterocycles. The van der Waals surface area contributed by atoms with Crippen LogP contribution in [0.5, 0.6) is 0 Å². The summed E-state index contributed by atoms with van der Waals surface area (Å²) in [7, 11) is -3.89. The molecule has 0 aliphatic carbocycles. The number of primary sulfonamides is 1. The molecule has 0 spiro atoms. The van der Waals surface area contributed by atoms with Crippen molar-refractivity contribution < 1.29 is 17.9 Å². The molecule has 2 rings (SSSR count). The van der Waals surface area contributed by atoms with Gasteiger partial charge in [0.25, 0.3) is 5.91 Å². The van der Waals surface area contributed by atoms with Crippen LogP contribution >= 0.6 is 0 Å². The van der Waals surface area contributed by atoms with Gasteiger partial charge in [0.15, 0.2) is 0 Å². The van der Waals surface area contributed by atoms with Gasteiger partial charge in [-0.3, -0.25) is 4.79 Å². The van der Waals surface area contributed by atoms with E-state index in [1.807, 2.05) is 44.2 Å². The summed E-state index contributed by atoms with van der Waals surface area (Å²) in [6.07, 6.45) is 1.38. The number of nitrogens with one attached hydrogen (secondary N) is 1. The number of ether oxygens (including phenoxy) is 1. The van der Waals surface area contributed by atoms with Crippen molar-refractivity contribution in [2.75, 3.05) is 19.8 Å². The van der Waals surface area contributed by atoms with Crippen LogP contribution in [0.2, 0.25) is 0 Å². The van der Waals surface area contributed by atoms with E-state index in [2.05, 4.69) is 5.32 Å². The van der Waals surface area contributed by atoms with Crippen molar-refractivity contribution in [1.82, 2.24) is 9.88 Å². The summed E-state index contributed by atoms with van der Waals surface area (Å²) >= 11 is 0. The molecule has 0 aliphatic heterocycles. The lowest BCUT2D eigenvalue weighted by molar-refractivity contribution is 0.0879. The van der Waals surface area contributed by atoms with Gasteiger partial charge in [-0.25, -0.2) is 13.6 Å². The predicted molar refractivity (Wildman–Crippen MR) is 99.3 cm³/mol. The average Bonchev–Trinajstić information content (AvgIpc) is 2.99. The minimum atomic E-state index is -3.89. The van der Waals surface area contributed by atoms with Gasteiger partial charge in [0, 0.05) is 25.9 Å². The molecule has 142 valence electrons. The van der Waals surface area contributed by atoms with Gasteiger partial charge in [-0.15, -0.1) is 0 Å². The van der Waals surface area contributed by atoms with E-state index in [1.165, 1.54) is 12.3 Å². The fraction of sp³-hybridized carbons (Fsp3) is 0.389. The molecule has 0 saturated heterocycles. The highest BCUT2D eigenvalue weighted by atomic mass is 32.2. The number of rotatable bonds is 9. The first-order valence-corrected chi connectivity index (χ1v) is 9.95. The van der Waals surface area contributed by atoms with Gasteiger partial charge in [-0.1, -0.05) is 44.2 Å². The van der Waals surface area contributed by atoms with Crippen LogP contribution in [0.3, 0.4) is 0 Å². The molecule has 0 fully saturated rings. The summed E-state index contributed by atoms with van der Waals surface area (Å²) in [6, 6.07) is 10.7. The number of carbonyl (C=O) groups excluding carboxylic acids is 1. The zero-order chi connectivity index (χ0) is 19.2. The number of sulfonamides is 1. The third-order valence-corrected chi connectivity index (χ3v) is 4.49. The lowest BCUT2D eigenvalue weighted by Gasteiger charge is -2.11. The van der Waals surface area contributed by atoms with Crippen LogP contribution in [0.1, 0.15) is 29.9 Å². The van der Waals surface area contributed by atoms with E-state index in [-0.39, 0.29) is 16.5 Å². The Balaban J connectivity index is 2.12. The minimum absolute atomic E-state index is 0.0883. The number of benzene rings is 1. The number of aromatic nitrogens is 1. The number of carbonyl (C=O) groups is 1. The van der Waals surface area contributed by atoms with Gasteiger partial charge < -0.3 is 14.6 Å². The van der Waals surface area contributed by atoms with Crippen LogP contribution in [-0.4, -0.2) is 38.7 Å². The van der Waals surface area contributed by atoms with E-state index in [9.17, 15) is 13.2 Å². The van der Waals surface area contributed by atoms with Gasteiger partial charge in [0.2, 0.25) is 10.0 Å². The van der Waals surface area contributed by atoms with Crippen LogP contribution < -0.4 is 10.5 Å². The molecular formula is C18H25N3O4S. The summed E-state index contributed by atoms with van der Waals surface area (Å²) in [5.74, 6) is 0.0510. The number of amides is 1. The zero-order valence-corrected chi connectivity index (χ0v) is 15.8. The third-order valence-electron chi connectivity index (χ3n) is 3.61. The number of hydrogen-bond acceptors (Lipinski definition) is 4. The third kappa shape index (κ3) is 5.98. The topological polar surface area (TPSA) is 103 Å². The van der Waals surface area contributed by atoms with E-state index in [0.717, 1.165) is 5.56 Å². The largest absolute Gasteiger partial charge is 0.379 e. The molecule has 1 amide bonds. The maximum atomic E-state index is 12.5. The molecule has 0 radical (unpaired) electrons. The Hall–Kier alpha value is -2.16. The summed E-state index contributed by atoms with van der Waals surface area (Å²) in [4.78, 5) is 12.4. The van der Waals surface area contributed by atoms with Crippen LogP contribution in [0, 0.1) is 5.92 Å². The van der Waals surface area contributed by atoms with Crippen molar-refractivity contribution in [3.63, 3.8) is 0 Å². The second-order valence-electron chi connectivity index (χ2n) is 6.44. The van der Waals surface area contributed by atoms with E-state index >= 15 is 0 Å². The first-order chi connectivity index (χ1) is 12.3. The first kappa shape index (κ1) is 20.2. The highest BCUT2D eigenvalue weighted by Crippen LogP contribution is 2.15. The minimum Gasteiger partial charge on any atom is -0.379 e. The van der Waals surface area contributed by atoms with Crippen molar-refractivity contribution in [3.05, 3.63) is 53.9 Å². The van der Waals surface area contributed by atoms with Crippen LogP contribution in [-0.2, 0) is 21.3 Å². The average molecular weight is 379 g/mol. The summed E-state index contributed by atoms with van der Waals surface area (Å²) < 4.78 is 30.3. The number of nitrogens with zero attached hydrogens (tertiary/aromatic N) is 1. The van der Waals surface area contributed by atoms with Crippen molar-refractivity contribution in [2.24, 2.45) is 11.1 Å². The summed E-state index contributed by atoms with van der Waals surface area (Å²) in [5, 5.41) is 7.95. The molecule has 0 atom stereocenters. The first-order valence-electron chi connectivity index (χ1n) is 8.40. The lowest BCUT2D eigenvalue weighted by Crippen LogP contribution is -2.29. The molecule has 1 aromatic heterocycles. The van der Waals surface area contributed by atoms with Crippen molar-refractivity contribution >= 4 is 15.9 Å². The van der Waals surface area contributed by atoms with Gasteiger partial charge in [0.05, 0.1) is 6.61 Å². The van der Waals surface area contributed by atoms with Crippen molar-refractivity contribution in [1.29, 1.82) is 0 Å². The number of hydrogen-bond donors (Lipinski definition) is 2. The molecule has 0 aliphatic rings. The van der Waals surface area contributed by atoms with E-state index < -0.39 is 10.0 Å². The monoisotopic (exact) mass is 379 g/mol. The smallest absolute Gasteiger partial charge is 0.268 e. The van der Waals surface area contributed by atoms with Gasteiger partial charge in [0.1, 0.15) is 10.6 Å². The highest BCUT2D eigenvalue weighted by Gasteiger charge is 2.19. The Morgan fingerprint density at radius 2 is 1.96 bits per heavy atom. The molecule has 0 bridgehead atoms. The fourth-order valence-electron chi connectivity index (χ4n) is 2.39. The molecule has 8 heteroatoms. The highest BCUT2D eigenvalue weighted by molar-refractivity contribution is 7.89. The number of nitrogens with two attached hydrogens (primary N) is 1. The van der Waals surface area contributed by atoms with E-state index in [0.29, 0.717) is 32.2 Å². The molecule has 0 saturated carbocycles. The maximum Gasteiger partial charge on any atom is 0.268 e. The Morgan fingerprint density at radius 1 is 1.27 bits per heavy atom. The van der Waals surface area contributed by atoms with E-state index in [1.54, 1.807) is 4.57 Å². The van der Waals surface area contributed by atoms with Gasteiger partial charge in [-0.05, 0) is 17.5 Å². The Bertz CT molecular complexity index is 829. The molecule has 0 unspecified atom stereocenters. The van der Waals surface area contributed by atoms with E-state index in [4.69, 9.17) is 9.88 Å². The molecule has 26 heavy (non-hydrogen) atoms. The summed E-state index contributed by atoms with van der Waals surface area (Å²) in [5.41, 5.74) is 1.18. The zero-order valence-electron chi connectivity index (χ0n) is 15.0. The predicted octanol–water partition coefficient (Wildman–Crippen LogP) is 1.59. The van der Waals surface area contributed by atoms with Gasteiger partial charge in [-0.2, -0.15) is 0 Å². The van der Waals surface area contributed by atoms with Crippen molar-refractivity contribution in [2.45, 2.75) is 25.3 Å². The Labute approximate surface area is 154 Å². The maximum absolute atomic E-state index is 12.5. The molecular weight excluding hydrogens is 354 g/mol. The second-order valence-corrected chi connectivity index (χ2v) is 8.01. The molecule has 3 N–H and O–H groups in total. The molecule has 1 aromatic carbocycles. The standard InChI is InChI=1S/C18H25N3O4S/c1-14(2)13-25-9-8-20-18(22)17-10-16(26(19,23)24)12-21(17)11-15-6-4-3-5-7-15/h3-7,10,12,14H,8-9,11,13H2,1-2H3,(H,20,22)(H2,19,23,24).